The molecule has 2 unspecified atom stereocenters. The Morgan fingerprint density at radius 2 is 2.26 bits per heavy atom. The van der Waals surface area contributed by atoms with Crippen molar-refractivity contribution in [3.8, 4) is 5.75 Å². The number of benzene rings is 1. The van der Waals surface area contributed by atoms with Gasteiger partial charge in [-0.15, -0.1) is 0 Å². The predicted octanol–water partition coefficient (Wildman–Crippen LogP) is 2.50. The molecule has 0 fully saturated rings. The Kier molecular flexibility index (Phi) is 3.25. The molecule has 0 spiro atoms. The highest BCUT2D eigenvalue weighted by atomic mass is 16.5. The molecule has 2 aromatic rings. The number of rotatable bonds is 4. The second-order valence-electron chi connectivity index (χ2n) is 4.88. The fourth-order valence-electron chi connectivity index (χ4n) is 2.65. The summed E-state index contributed by atoms with van der Waals surface area (Å²) in [5.74, 6) is 0.872. The molecule has 0 aliphatic carbocycles. The molecule has 2 heterocycles. The topological polar surface area (TPSA) is 47.3 Å². The summed E-state index contributed by atoms with van der Waals surface area (Å²) < 4.78 is 7.52. The van der Waals surface area contributed by atoms with Crippen LogP contribution in [0.3, 0.4) is 0 Å². The molecule has 0 amide bonds. The van der Waals surface area contributed by atoms with E-state index in [1.165, 1.54) is 0 Å². The van der Waals surface area contributed by atoms with Crippen LogP contribution in [0.5, 0.6) is 5.75 Å². The van der Waals surface area contributed by atoms with Gasteiger partial charge in [-0.1, -0.05) is 25.1 Å². The van der Waals surface area contributed by atoms with Gasteiger partial charge in [0.05, 0.1) is 18.2 Å². The molecular formula is C15H18N2O2. The molecule has 4 heteroatoms. The number of aliphatic hydroxyl groups excluding tert-OH is 1. The summed E-state index contributed by atoms with van der Waals surface area (Å²) in [6.45, 7) is 3.46. The molecule has 4 nitrogen and oxygen atoms in total. The van der Waals surface area contributed by atoms with Gasteiger partial charge in [0.15, 0.2) is 0 Å². The van der Waals surface area contributed by atoms with Gasteiger partial charge in [-0.3, -0.25) is 4.68 Å². The molecule has 2 atom stereocenters. The fraction of sp³-hybridized carbons (Fsp3) is 0.400. The Morgan fingerprint density at radius 1 is 1.42 bits per heavy atom. The van der Waals surface area contributed by atoms with Crippen LogP contribution in [-0.4, -0.2) is 21.5 Å². The van der Waals surface area contributed by atoms with Crippen LogP contribution in [0.1, 0.15) is 36.6 Å². The number of aromatic nitrogens is 2. The molecule has 100 valence electrons. The summed E-state index contributed by atoms with van der Waals surface area (Å²) in [7, 11) is 0. The lowest BCUT2D eigenvalue weighted by atomic mass is 9.93. The third-order valence-electron chi connectivity index (χ3n) is 3.61. The predicted molar refractivity (Wildman–Crippen MR) is 72.2 cm³/mol. The zero-order valence-corrected chi connectivity index (χ0v) is 11.0. The lowest BCUT2D eigenvalue weighted by Gasteiger charge is -2.18. The number of ether oxygens (including phenoxy) is 1. The van der Waals surface area contributed by atoms with Crippen LogP contribution < -0.4 is 4.74 Å². The molecular weight excluding hydrogens is 240 g/mol. The van der Waals surface area contributed by atoms with Gasteiger partial charge < -0.3 is 9.84 Å². The third kappa shape index (κ3) is 2.12. The number of hydrogen-bond acceptors (Lipinski definition) is 3. The number of para-hydroxylation sites is 1. The highest BCUT2D eigenvalue weighted by Crippen LogP contribution is 2.40. The van der Waals surface area contributed by atoms with Crippen LogP contribution in [0.2, 0.25) is 0 Å². The van der Waals surface area contributed by atoms with Crippen LogP contribution in [0, 0.1) is 0 Å². The van der Waals surface area contributed by atoms with E-state index in [1.54, 1.807) is 6.20 Å². The van der Waals surface area contributed by atoms with Crippen LogP contribution in [0.4, 0.5) is 0 Å². The Labute approximate surface area is 112 Å². The average molecular weight is 258 g/mol. The van der Waals surface area contributed by atoms with Crippen LogP contribution in [0.25, 0.3) is 0 Å². The maximum Gasteiger partial charge on any atom is 0.123 e. The van der Waals surface area contributed by atoms with Crippen molar-refractivity contribution in [2.24, 2.45) is 0 Å². The summed E-state index contributed by atoms with van der Waals surface area (Å²) >= 11 is 0. The molecule has 3 rings (SSSR count). The van der Waals surface area contributed by atoms with Gasteiger partial charge in [0, 0.05) is 18.3 Å². The van der Waals surface area contributed by atoms with E-state index >= 15 is 0 Å². The standard InChI is InChI=1S/C15H18N2O2/c1-2-9-17-13(7-8-16-17)15(18)12-10-19-14-6-4-3-5-11(12)14/h3-8,12,15,18H,2,9-10H2,1H3. The Morgan fingerprint density at radius 3 is 3.11 bits per heavy atom. The average Bonchev–Trinajstić information content (AvgIpc) is 3.04. The van der Waals surface area contributed by atoms with Gasteiger partial charge >= 0.3 is 0 Å². The quantitative estimate of drug-likeness (QED) is 0.916. The van der Waals surface area contributed by atoms with E-state index in [9.17, 15) is 5.11 Å². The van der Waals surface area contributed by atoms with Gasteiger partial charge in [-0.25, -0.2) is 0 Å². The SMILES string of the molecule is CCCn1nccc1C(O)C1COc2ccccc21. The van der Waals surface area contributed by atoms with Crippen molar-refractivity contribution < 1.29 is 9.84 Å². The van der Waals surface area contributed by atoms with Crippen molar-refractivity contribution in [3.05, 3.63) is 47.8 Å². The molecule has 0 bridgehead atoms. The van der Waals surface area contributed by atoms with Crippen LogP contribution >= 0.6 is 0 Å². The van der Waals surface area contributed by atoms with Crippen molar-refractivity contribution in [3.63, 3.8) is 0 Å². The smallest absolute Gasteiger partial charge is 0.123 e. The molecule has 19 heavy (non-hydrogen) atoms. The van der Waals surface area contributed by atoms with Crippen molar-refractivity contribution in [1.29, 1.82) is 0 Å². The Hall–Kier alpha value is -1.81. The lowest BCUT2D eigenvalue weighted by molar-refractivity contribution is 0.121. The van der Waals surface area contributed by atoms with Crippen LogP contribution in [-0.2, 0) is 6.54 Å². The molecule has 1 aromatic heterocycles. The van der Waals surface area contributed by atoms with E-state index in [0.717, 1.165) is 30.0 Å². The van der Waals surface area contributed by atoms with E-state index in [1.807, 2.05) is 35.0 Å². The molecule has 1 aliphatic rings. The maximum atomic E-state index is 10.6. The van der Waals surface area contributed by atoms with Crippen LogP contribution in [0.15, 0.2) is 36.5 Å². The largest absolute Gasteiger partial charge is 0.493 e. The number of aryl methyl sites for hydroxylation is 1. The summed E-state index contributed by atoms with van der Waals surface area (Å²) in [6, 6.07) is 9.80. The summed E-state index contributed by atoms with van der Waals surface area (Å²) in [5.41, 5.74) is 1.95. The first-order chi connectivity index (χ1) is 9.31. The normalized spacial score (nSPS) is 18.9. The maximum absolute atomic E-state index is 10.6. The first-order valence-electron chi connectivity index (χ1n) is 6.72. The van der Waals surface area contributed by atoms with E-state index in [4.69, 9.17) is 4.74 Å². The van der Waals surface area contributed by atoms with Crippen molar-refractivity contribution in [1.82, 2.24) is 9.78 Å². The molecule has 1 aliphatic heterocycles. The minimum absolute atomic E-state index is 0.0106. The Bertz CT molecular complexity index is 565. The summed E-state index contributed by atoms with van der Waals surface area (Å²) in [5, 5.41) is 14.9. The fourth-order valence-corrected chi connectivity index (χ4v) is 2.65. The van der Waals surface area contributed by atoms with E-state index in [2.05, 4.69) is 12.0 Å². The minimum Gasteiger partial charge on any atom is -0.493 e. The van der Waals surface area contributed by atoms with Gasteiger partial charge in [0.1, 0.15) is 11.9 Å². The van der Waals surface area contributed by atoms with Gasteiger partial charge in [-0.2, -0.15) is 5.10 Å². The molecule has 0 saturated heterocycles. The Balaban J connectivity index is 1.89. The van der Waals surface area contributed by atoms with Crippen molar-refractivity contribution in [2.45, 2.75) is 31.9 Å². The number of hydrogen-bond donors (Lipinski definition) is 1. The zero-order valence-electron chi connectivity index (χ0n) is 11.0. The molecule has 1 aromatic carbocycles. The zero-order chi connectivity index (χ0) is 13.2. The second kappa shape index (κ2) is 5.05. The van der Waals surface area contributed by atoms with Crippen molar-refractivity contribution in [2.75, 3.05) is 6.61 Å². The number of nitrogens with zero attached hydrogens (tertiary/aromatic N) is 2. The van der Waals surface area contributed by atoms with E-state index in [0.29, 0.717) is 6.61 Å². The first kappa shape index (κ1) is 12.2. The second-order valence-corrected chi connectivity index (χ2v) is 4.88. The minimum atomic E-state index is -0.572. The molecule has 0 radical (unpaired) electrons. The summed E-state index contributed by atoms with van der Waals surface area (Å²) in [6.07, 6.45) is 2.17. The molecule has 1 N–H and O–H groups in total. The van der Waals surface area contributed by atoms with Gasteiger partial charge in [0.25, 0.3) is 0 Å². The first-order valence-corrected chi connectivity index (χ1v) is 6.72. The third-order valence-corrected chi connectivity index (χ3v) is 3.61. The molecule has 0 saturated carbocycles. The summed E-state index contributed by atoms with van der Waals surface area (Å²) in [4.78, 5) is 0. The van der Waals surface area contributed by atoms with Crippen molar-refractivity contribution >= 4 is 0 Å². The lowest BCUT2D eigenvalue weighted by Crippen LogP contribution is -2.17. The number of aliphatic hydroxyl groups is 1. The number of fused-ring (bicyclic) bond motifs is 1. The van der Waals surface area contributed by atoms with Gasteiger partial charge in [-0.05, 0) is 18.6 Å². The van der Waals surface area contributed by atoms with Gasteiger partial charge in [0.2, 0.25) is 0 Å². The highest BCUT2D eigenvalue weighted by Gasteiger charge is 2.32. The highest BCUT2D eigenvalue weighted by molar-refractivity contribution is 5.41. The van der Waals surface area contributed by atoms with E-state index in [-0.39, 0.29) is 5.92 Å². The monoisotopic (exact) mass is 258 g/mol. The van der Waals surface area contributed by atoms with E-state index < -0.39 is 6.10 Å².